The lowest BCUT2D eigenvalue weighted by Gasteiger charge is -2.41. The van der Waals surface area contributed by atoms with Gasteiger partial charge in [-0.3, -0.25) is 0 Å². The van der Waals surface area contributed by atoms with Gasteiger partial charge in [0.25, 0.3) is 0 Å². The highest BCUT2D eigenvalue weighted by molar-refractivity contribution is 5.85. The Kier molecular flexibility index (Phi) is 4.13. The molecule has 0 radical (unpaired) electrons. The molecule has 0 spiro atoms. The normalized spacial score (nSPS) is 20.5. The number of aromatic nitrogens is 5. The maximum Gasteiger partial charge on any atom is 0.184 e. The molecule has 6 rings (SSSR count). The summed E-state index contributed by atoms with van der Waals surface area (Å²) in [7, 11) is 0. The van der Waals surface area contributed by atoms with Gasteiger partial charge in [-0.1, -0.05) is 54.6 Å². The molecular formula is C26H23N5O. The second-order valence-electron chi connectivity index (χ2n) is 9.03. The van der Waals surface area contributed by atoms with E-state index in [1.165, 1.54) is 5.56 Å². The molecule has 3 heterocycles. The molecule has 0 bridgehead atoms. The van der Waals surface area contributed by atoms with Crippen LogP contribution in [0.2, 0.25) is 0 Å². The van der Waals surface area contributed by atoms with E-state index in [4.69, 9.17) is 9.97 Å². The average molecular weight is 422 g/mol. The lowest BCUT2D eigenvalue weighted by Crippen LogP contribution is -2.39. The highest BCUT2D eigenvalue weighted by Crippen LogP contribution is 2.44. The average Bonchev–Trinajstić information content (AvgIpc) is 3.18. The molecule has 32 heavy (non-hydrogen) atoms. The van der Waals surface area contributed by atoms with Gasteiger partial charge in [0.15, 0.2) is 11.3 Å². The van der Waals surface area contributed by atoms with Crippen LogP contribution in [0.4, 0.5) is 0 Å². The highest BCUT2D eigenvalue weighted by atomic mass is 16.3. The van der Waals surface area contributed by atoms with E-state index in [1.54, 1.807) is 10.7 Å². The van der Waals surface area contributed by atoms with Gasteiger partial charge < -0.3 is 5.11 Å². The van der Waals surface area contributed by atoms with Gasteiger partial charge in [-0.2, -0.15) is 9.61 Å². The van der Waals surface area contributed by atoms with E-state index in [0.29, 0.717) is 17.1 Å². The molecule has 0 aliphatic heterocycles. The first-order chi connectivity index (χ1) is 15.5. The van der Waals surface area contributed by atoms with Crippen LogP contribution in [0.1, 0.15) is 36.9 Å². The lowest BCUT2D eigenvalue weighted by atomic mass is 9.69. The van der Waals surface area contributed by atoms with E-state index < -0.39 is 5.60 Å². The van der Waals surface area contributed by atoms with Crippen LogP contribution >= 0.6 is 0 Å². The van der Waals surface area contributed by atoms with Gasteiger partial charge in [-0.25, -0.2) is 15.0 Å². The molecule has 6 nitrogen and oxygen atoms in total. The molecule has 1 N–H and O–H groups in total. The molecule has 3 aromatic heterocycles. The number of hydrogen-bond acceptors (Lipinski definition) is 5. The smallest absolute Gasteiger partial charge is 0.184 e. The van der Waals surface area contributed by atoms with Crippen LogP contribution in [-0.4, -0.2) is 35.3 Å². The molecule has 1 aliphatic carbocycles. The van der Waals surface area contributed by atoms with Crippen LogP contribution < -0.4 is 0 Å². The highest BCUT2D eigenvalue weighted by Gasteiger charge is 2.38. The third-order valence-electron chi connectivity index (χ3n) is 6.31. The summed E-state index contributed by atoms with van der Waals surface area (Å²) in [6, 6.07) is 20.6. The fourth-order valence-corrected chi connectivity index (χ4v) is 4.69. The Morgan fingerprint density at radius 2 is 1.62 bits per heavy atom. The zero-order valence-corrected chi connectivity index (χ0v) is 18.0. The van der Waals surface area contributed by atoms with Crippen LogP contribution in [0, 0.1) is 6.92 Å². The molecule has 0 saturated heterocycles. The van der Waals surface area contributed by atoms with Crippen molar-refractivity contribution in [1.29, 1.82) is 0 Å². The zero-order chi connectivity index (χ0) is 21.9. The van der Waals surface area contributed by atoms with Crippen molar-refractivity contribution < 1.29 is 5.11 Å². The standard InChI is InChI=1S/C26H23N5O/c1-16-12-22-27-15-21-25(31(22)30-16)29-24(23(28-21)18-6-4-3-5-7-18)19-10-8-17(9-11-19)20-13-26(2,32)14-20/h3-12,15,20,32H,13-14H2,1-2H3. The summed E-state index contributed by atoms with van der Waals surface area (Å²) in [6.07, 6.45) is 3.38. The summed E-state index contributed by atoms with van der Waals surface area (Å²) in [4.78, 5) is 14.5. The van der Waals surface area contributed by atoms with Gasteiger partial charge in [0.05, 0.1) is 28.9 Å². The molecule has 0 amide bonds. The van der Waals surface area contributed by atoms with E-state index in [1.807, 2.05) is 50.2 Å². The van der Waals surface area contributed by atoms with E-state index >= 15 is 0 Å². The molecule has 0 unspecified atom stereocenters. The maximum atomic E-state index is 10.1. The number of rotatable bonds is 3. The third kappa shape index (κ3) is 3.15. The molecule has 2 aromatic carbocycles. The van der Waals surface area contributed by atoms with E-state index in [-0.39, 0.29) is 0 Å². The molecule has 5 aromatic rings. The zero-order valence-electron chi connectivity index (χ0n) is 18.0. The Balaban J connectivity index is 1.52. The van der Waals surface area contributed by atoms with Gasteiger partial charge in [-0.15, -0.1) is 0 Å². The number of fused-ring (bicyclic) bond motifs is 3. The second-order valence-corrected chi connectivity index (χ2v) is 9.03. The van der Waals surface area contributed by atoms with Gasteiger partial charge in [0.2, 0.25) is 0 Å². The molecule has 1 fully saturated rings. The minimum absolute atomic E-state index is 0.410. The Labute approximate surface area is 185 Å². The van der Waals surface area contributed by atoms with Crippen molar-refractivity contribution in [2.45, 2.75) is 38.2 Å². The molecule has 158 valence electrons. The Hall–Kier alpha value is -3.64. The minimum Gasteiger partial charge on any atom is -0.390 e. The maximum absolute atomic E-state index is 10.1. The Bertz CT molecular complexity index is 1450. The van der Waals surface area contributed by atoms with Crippen LogP contribution in [0.15, 0.2) is 66.9 Å². The van der Waals surface area contributed by atoms with Gasteiger partial charge in [0, 0.05) is 17.2 Å². The van der Waals surface area contributed by atoms with Gasteiger partial charge >= 0.3 is 0 Å². The number of aliphatic hydroxyl groups is 1. The first kappa shape index (κ1) is 19.1. The quantitative estimate of drug-likeness (QED) is 0.446. The monoisotopic (exact) mass is 421 g/mol. The van der Waals surface area contributed by atoms with Crippen molar-refractivity contribution in [2.24, 2.45) is 0 Å². The second kappa shape index (κ2) is 6.93. The lowest BCUT2D eigenvalue weighted by molar-refractivity contribution is -0.0313. The number of hydrogen-bond donors (Lipinski definition) is 1. The first-order valence-electron chi connectivity index (χ1n) is 10.9. The summed E-state index contributed by atoms with van der Waals surface area (Å²) in [6.45, 7) is 3.85. The SMILES string of the molecule is Cc1cc2ncc3nc(-c4ccccc4)c(-c4ccc(C5CC(C)(O)C5)cc4)nc3n2n1. The predicted octanol–water partition coefficient (Wildman–Crippen LogP) is 4.94. The molecule has 1 saturated carbocycles. The fraction of sp³-hybridized carbons (Fsp3) is 0.231. The Morgan fingerprint density at radius 3 is 2.34 bits per heavy atom. The van der Waals surface area contributed by atoms with Crippen molar-refractivity contribution >= 4 is 16.8 Å². The van der Waals surface area contributed by atoms with Crippen LogP contribution in [-0.2, 0) is 0 Å². The van der Waals surface area contributed by atoms with Crippen molar-refractivity contribution in [2.75, 3.05) is 0 Å². The summed E-state index contributed by atoms with van der Waals surface area (Å²) in [5.41, 5.74) is 7.41. The third-order valence-corrected chi connectivity index (χ3v) is 6.31. The summed E-state index contributed by atoms with van der Waals surface area (Å²) < 4.78 is 1.76. The van der Waals surface area contributed by atoms with Gasteiger partial charge in [0.1, 0.15) is 5.52 Å². The molecule has 0 atom stereocenters. The van der Waals surface area contributed by atoms with Crippen LogP contribution in [0.25, 0.3) is 39.3 Å². The summed E-state index contributed by atoms with van der Waals surface area (Å²) >= 11 is 0. The minimum atomic E-state index is -0.533. The van der Waals surface area contributed by atoms with Crippen molar-refractivity contribution in [3.05, 3.63) is 78.1 Å². The van der Waals surface area contributed by atoms with Crippen molar-refractivity contribution in [3.63, 3.8) is 0 Å². The summed E-state index contributed by atoms with van der Waals surface area (Å²) in [5, 5.41) is 14.7. The molecule has 1 aliphatic rings. The van der Waals surface area contributed by atoms with Crippen molar-refractivity contribution in [1.82, 2.24) is 24.6 Å². The predicted molar refractivity (Wildman–Crippen MR) is 124 cm³/mol. The van der Waals surface area contributed by atoms with Crippen LogP contribution in [0.5, 0.6) is 0 Å². The molecular weight excluding hydrogens is 398 g/mol. The molecule has 6 heteroatoms. The fourth-order valence-electron chi connectivity index (χ4n) is 4.69. The first-order valence-corrected chi connectivity index (χ1v) is 10.9. The summed E-state index contributed by atoms with van der Waals surface area (Å²) in [5.74, 6) is 0.410. The largest absolute Gasteiger partial charge is 0.390 e. The van der Waals surface area contributed by atoms with E-state index in [0.717, 1.165) is 46.7 Å². The van der Waals surface area contributed by atoms with E-state index in [2.05, 4.69) is 34.3 Å². The van der Waals surface area contributed by atoms with Crippen molar-refractivity contribution in [3.8, 4) is 22.5 Å². The Morgan fingerprint density at radius 1 is 0.938 bits per heavy atom. The van der Waals surface area contributed by atoms with E-state index in [9.17, 15) is 5.11 Å². The number of benzene rings is 2. The van der Waals surface area contributed by atoms with Crippen LogP contribution in [0.3, 0.4) is 0 Å². The number of aryl methyl sites for hydroxylation is 1. The topological polar surface area (TPSA) is 76.2 Å². The number of nitrogens with zero attached hydrogens (tertiary/aromatic N) is 5. The van der Waals surface area contributed by atoms with Gasteiger partial charge in [-0.05, 0) is 38.2 Å².